The average Bonchev–Trinajstić information content (AvgIpc) is 2.88. The highest BCUT2D eigenvalue weighted by Gasteiger charge is 2.25. The van der Waals surface area contributed by atoms with Crippen LogP contribution in [-0.2, 0) is 16.4 Å². The van der Waals surface area contributed by atoms with Gasteiger partial charge in [0.25, 0.3) is 10.0 Å². The van der Waals surface area contributed by atoms with Gasteiger partial charge in [-0.25, -0.2) is 26.7 Å². The van der Waals surface area contributed by atoms with Crippen LogP contribution < -0.4 is 14.8 Å². The molecule has 0 aliphatic rings. The molecule has 1 unspecified atom stereocenters. The number of carbonyl (C=O) groups excluding carboxylic acids is 1. The second-order valence-electron chi connectivity index (χ2n) is 8.77. The minimum Gasteiger partial charge on any atom is -0.494 e. The summed E-state index contributed by atoms with van der Waals surface area (Å²) >= 11 is 0. The lowest BCUT2D eigenvalue weighted by Gasteiger charge is -2.22. The fourth-order valence-electron chi connectivity index (χ4n) is 4.24. The SMILES string of the molecule is CCOc1ccc(-c2cccnc2C(Cc2cc(F)cc(F)c2)NC(=O)NS(=O)(=O)c2ccccc2C)cc1. The zero-order valence-corrected chi connectivity index (χ0v) is 22.1. The summed E-state index contributed by atoms with van der Waals surface area (Å²) in [6.45, 7) is 4.00. The second-order valence-corrected chi connectivity index (χ2v) is 10.4. The van der Waals surface area contributed by atoms with Crippen LogP contribution in [0.5, 0.6) is 5.75 Å². The molecular weight excluding hydrogens is 524 g/mol. The topological polar surface area (TPSA) is 97.4 Å². The van der Waals surface area contributed by atoms with Crippen molar-refractivity contribution in [3.8, 4) is 16.9 Å². The number of nitrogens with one attached hydrogen (secondary N) is 2. The minimum absolute atomic E-state index is 0.0446. The van der Waals surface area contributed by atoms with Gasteiger partial charge in [-0.2, -0.15) is 0 Å². The Morgan fingerprint density at radius 1 is 0.974 bits per heavy atom. The van der Waals surface area contributed by atoms with Gasteiger partial charge in [0.1, 0.15) is 17.4 Å². The van der Waals surface area contributed by atoms with E-state index < -0.39 is 33.7 Å². The van der Waals surface area contributed by atoms with Crippen molar-refractivity contribution < 1.29 is 26.7 Å². The van der Waals surface area contributed by atoms with Crippen LogP contribution in [0.1, 0.15) is 29.8 Å². The fourth-order valence-corrected chi connectivity index (χ4v) is 5.40. The van der Waals surface area contributed by atoms with Crippen LogP contribution in [0.2, 0.25) is 0 Å². The third-order valence-corrected chi connectivity index (χ3v) is 7.41. The monoisotopic (exact) mass is 551 g/mol. The maximum atomic E-state index is 14.0. The lowest BCUT2D eigenvalue weighted by atomic mass is 9.95. The Hall–Kier alpha value is -4.31. The van der Waals surface area contributed by atoms with Crippen LogP contribution in [0, 0.1) is 18.6 Å². The molecule has 2 N–H and O–H groups in total. The van der Waals surface area contributed by atoms with Crippen LogP contribution in [0.15, 0.2) is 90.0 Å². The number of aromatic nitrogens is 1. The van der Waals surface area contributed by atoms with Crippen molar-refractivity contribution >= 4 is 16.1 Å². The lowest BCUT2D eigenvalue weighted by Crippen LogP contribution is -2.42. The summed E-state index contributed by atoms with van der Waals surface area (Å²) in [7, 11) is -4.19. The van der Waals surface area contributed by atoms with Gasteiger partial charge < -0.3 is 10.1 Å². The van der Waals surface area contributed by atoms with Crippen LogP contribution in [-0.4, -0.2) is 26.0 Å². The van der Waals surface area contributed by atoms with E-state index in [1.54, 1.807) is 49.4 Å². The number of pyridine rings is 1. The Labute approximate surface area is 225 Å². The fraction of sp³-hybridized carbons (Fsp3) is 0.172. The summed E-state index contributed by atoms with van der Waals surface area (Å²) in [5.74, 6) is -0.872. The molecule has 10 heteroatoms. The molecule has 0 saturated heterocycles. The van der Waals surface area contributed by atoms with Crippen molar-refractivity contribution in [3.63, 3.8) is 0 Å². The highest BCUT2D eigenvalue weighted by Crippen LogP contribution is 2.30. The Bertz CT molecular complexity index is 1560. The molecule has 0 spiro atoms. The number of hydrogen-bond acceptors (Lipinski definition) is 5. The van der Waals surface area contributed by atoms with E-state index in [4.69, 9.17) is 4.74 Å². The molecule has 202 valence electrons. The van der Waals surface area contributed by atoms with E-state index in [1.807, 2.05) is 23.8 Å². The summed E-state index contributed by atoms with van der Waals surface area (Å²) in [5, 5.41) is 2.65. The minimum atomic E-state index is -4.19. The number of hydrogen-bond donors (Lipinski definition) is 2. The average molecular weight is 552 g/mol. The zero-order chi connectivity index (χ0) is 28.0. The molecule has 2 amide bonds. The Kier molecular flexibility index (Phi) is 8.55. The standard InChI is InChI=1S/C29H27F2N3O4S/c1-3-38-24-12-10-21(11-13-24)25-8-6-14-32-28(25)26(17-20-15-22(30)18-23(31)16-20)33-29(35)34-39(36,37)27-9-5-4-7-19(27)2/h4-16,18,26H,3,17H2,1-2H3,(H2,33,34,35). The molecule has 0 aliphatic carbocycles. The maximum Gasteiger partial charge on any atom is 0.329 e. The number of urea groups is 1. The number of ether oxygens (including phenoxy) is 1. The van der Waals surface area contributed by atoms with E-state index >= 15 is 0 Å². The number of aryl methyl sites for hydroxylation is 1. The molecule has 4 rings (SSSR count). The van der Waals surface area contributed by atoms with Crippen molar-refractivity contribution in [1.82, 2.24) is 15.0 Å². The maximum absolute atomic E-state index is 14.0. The third-order valence-electron chi connectivity index (χ3n) is 5.92. The molecule has 3 aromatic carbocycles. The van der Waals surface area contributed by atoms with Crippen molar-refractivity contribution in [1.29, 1.82) is 0 Å². The number of sulfonamides is 1. The van der Waals surface area contributed by atoms with Crippen LogP contribution in [0.4, 0.5) is 13.6 Å². The van der Waals surface area contributed by atoms with Crippen LogP contribution in [0.25, 0.3) is 11.1 Å². The van der Waals surface area contributed by atoms with Gasteiger partial charge in [-0.05, 0) is 73.4 Å². The van der Waals surface area contributed by atoms with Gasteiger partial charge in [0, 0.05) is 17.8 Å². The number of nitrogens with zero attached hydrogens (tertiary/aromatic N) is 1. The van der Waals surface area contributed by atoms with E-state index in [9.17, 15) is 22.0 Å². The van der Waals surface area contributed by atoms with Gasteiger partial charge >= 0.3 is 6.03 Å². The first kappa shape index (κ1) is 27.7. The highest BCUT2D eigenvalue weighted by molar-refractivity contribution is 7.90. The predicted octanol–water partition coefficient (Wildman–Crippen LogP) is 5.71. The molecule has 0 saturated carbocycles. The lowest BCUT2D eigenvalue weighted by molar-refractivity contribution is 0.242. The molecular formula is C29H27F2N3O4S. The first-order valence-corrected chi connectivity index (χ1v) is 13.7. The molecule has 0 radical (unpaired) electrons. The first-order valence-electron chi connectivity index (χ1n) is 12.2. The van der Waals surface area contributed by atoms with Gasteiger partial charge in [0.2, 0.25) is 0 Å². The Morgan fingerprint density at radius 2 is 1.67 bits per heavy atom. The van der Waals surface area contributed by atoms with E-state index in [1.165, 1.54) is 12.3 Å². The summed E-state index contributed by atoms with van der Waals surface area (Å²) in [4.78, 5) is 17.4. The van der Waals surface area contributed by atoms with Crippen LogP contribution in [0.3, 0.4) is 0 Å². The molecule has 39 heavy (non-hydrogen) atoms. The summed E-state index contributed by atoms with van der Waals surface area (Å²) in [5.41, 5.74) is 2.50. The molecule has 4 aromatic rings. The van der Waals surface area contributed by atoms with Crippen molar-refractivity contribution in [2.45, 2.75) is 31.2 Å². The smallest absolute Gasteiger partial charge is 0.329 e. The quantitative estimate of drug-likeness (QED) is 0.278. The molecule has 0 aliphatic heterocycles. The van der Waals surface area contributed by atoms with Crippen molar-refractivity contribution in [2.75, 3.05) is 6.61 Å². The second kappa shape index (κ2) is 12.0. The number of benzene rings is 3. The summed E-state index contributed by atoms with van der Waals surface area (Å²) in [6, 6.07) is 18.1. The molecule has 0 fully saturated rings. The summed E-state index contributed by atoms with van der Waals surface area (Å²) < 4.78 is 61.3. The molecule has 1 heterocycles. The molecule has 1 atom stereocenters. The van der Waals surface area contributed by atoms with E-state index in [-0.39, 0.29) is 16.9 Å². The predicted molar refractivity (Wildman–Crippen MR) is 144 cm³/mol. The van der Waals surface area contributed by atoms with Gasteiger partial charge in [-0.15, -0.1) is 0 Å². The van der Waals surface area contributed by atoms with Crippen molar-refractivity contribution in [3.05, 3.63) is 114 Å². The normalized spacial score (nSPS) is 12.0. The van der Waals surface area contributed by atoms with E-state index in [0.29, 0.717) is 29.2 Å². The number of carbonyl (C=O) groups is 1. The molecule has 0 bridgehead atoms. The molecule has 7 nitrogen and oxygen atoms in total. The van der Waals surface area contributed by atoms with E-state index in [2.05, 4.69) is 10.3 Å². The highest BCUT2D eigenvalue weighted by atomic mass is 32.2. The Balaban J connectivity index is 1.69. The number of rotatable bonds is 9. The van der Waals surface area contributed by atoms with Gasteiger partial charge in [-0.1, -0.05) is 36.4 Å². The van der Waals surface area contributed by atoms with Crippen LogP contribution >= 0.6 is 0 Å². The summed E-state index contributed by atoms with van der Waals surface area (Å²) in [6.07, 6.45) is 1.46. The van der Waals surface area contributed by atoms with Crippen molar-refractivity contribution in [2.24, 2.45) is 0 Å². The Morgan fingerprint density at radius 3 is 2.33 bits per heavy atom. The largest absolute Gasteiger partial charge is 0.494 e. The zero-order valence-electron chi connectivity index (χ0n) is 21.3. The van der Waals surface area contributed by atoms with Gasteiger partial charge in [-0.3, -0.25) is 4.98 Å². The molecule has 1 aromatic heterocycles. The van der Waals surface area contributed by atoms with Gasteiger partial charge in [0.15, 0.2) is 0 Å². The third kappa shape index (κ3) is 6.97. The number of halogens is 2. The first-order chi connectivity index (χ1) is 18.7. The van der Waals surface area contributed by atoms with Gasteiger partial charge in [0.05, 0.1) is 23.2 Å². The number of amides is 2. The van der Waals surface area contributed by atoms with E-state index in [0.717, 1.165) is 23.8 Å².